The lowest BCUT2D eigenvalue weighted by Gasteiger charge is -2.26. The summed E-state index contributed by atoms with van der Waals surface area (Å²) in [6.45, 7) is 3.24. The van der Waals surface area contributed by atoms with Crippen LogP contribution in [0.25, 0.3) is 0 Å². The number of carbonyl (C=O) groups excluding carboxylic acids is 1. The van der Waals surface area contributed by atoms with Crippen molar-refractivity contribution in [3.05, 3.63) is 53.6 Å². The summed E-state index contributed by atoms with van der Waals surface area (Å²) in [5, 5.41) is 3.21. The molecule has 0 aliphatic carbocycles. The van der Waals surface area contributed by atoms with Crippen molar-refractivity contribution in [1.29, 1.82) is 0 Å². The van der Waals surface area contributed by atoms with E-state index in [0.29, 0.717) is 17.3 Å². The zero-order valence-corrected chi connectivity index (χ0v) is 20.6. The molecule has 0 atom stereocenters. The number of halogens is 1. The number of methoxy groups -OCH3 is 1. The Bertz CT molecular complexity index is 1010. The van der Waals surface area contributed by atoms with Crippen molar-refractivity contribution in [2.45, 2.75) is 37.0 Å². The molecule has 2 aromatic carbocycles. The summed E-state index contributed by atoms with van der Waals surface area (Å²) >= 11 is 6.16. The molecule has 1 heterocycles. The number of ether oxygens (including phenoxy) is 1. The van der Waals surface area contributed by atoms with E-state index in [1.807, 2.05) is 0 Å². The van der Waals surface area contributed by atoms with Crippen LogP contribution in [0.15, 0.2) is 53.4 Å². The van der Waals surface area contributed by atoms with E-state index >= 15 is 0 Å². The van der Waals surface area contributed by atoms with Crippen LogP contribution in [0.3, 0.4) is 0 Å². The highest BCUT2D eigenvalue weighted by atomic mass is 35.5. The van der Waals surface area contributed by atoms with Gasteiger partial charge in [-0.3, -0.25) is 9.10 Å². The van der Waals surface area contributed by atoms with Gasteiger partial charge in [0.15, 0.2) is 0 Å². The Labute approximate surface area is 201 Å². The van der Waals surface area contributed by atoms with Crippen molar-refractivity contribution >= 4 is 33.2 Å². The Balaban J connectivity index is 1.72. The van der Waals surface area contributed by atoms with Gasteiger partial charge in [0.2, 0.25) is 5.91 Å². The minimum absolute atomic E-state index is 0.0843. The number of rotatable bonds is 10. The van der Waals surface area contributed by atoms with Gasteiger partial charge < -0.3 is 15.0 Å². The highest BCUT2D eigenvalue weighted by Crippen LogP contribution is 2.34. The fraction of sp³-hybridized carbons (Fsp3) is 0.458. The summed E-state index contributed by atoms with van der Waals surface area (Å²) in [6.07, 6.45) is 5.83. The van der Waals surface area contributed by atoms with E-state index in [-0.39, 0.29) is 23.0 Å². The number of carbonyl (C=O) groups is 1. The van der Waals surface area contributed by atoms with Crippen LogP contribution in [0.5, 0.6) is 5.75 Å². The molecule has 0 radical (unpaired) electrons. The second-order valence-corrected chi connectivity index (χ2v) is 10.4. The van der Waals surface area contributed by atoms with Crippen LogP contribution in [-0.2, 0) is 14.8 Å². The van der Waals surface area contributed by atoms with Gasteiger partial charge in [0.25, 0.3) is 10.0 Å². The van der Waals surface area contributed by atoms with Crippen LogP contribution >= 0.6 is 11.6 Å². The van der Waals surface area contributed by atoms with Crippen LogP contribution in [0.4, 0.5) is 5.69 Å². The number of benzene rings is 2. The van der Waals surface area contributed by atoms with E-state index in [1.165, 1.54) is 51.0 Å². The summed E-state index contributed by atoms with van der Waals surface area (Å²) in [6, 6.07) is 12.7. The van der Waals surface area contributed by atoms with Crippen molar-refractivity contribution in [1.82, 2.24) is 10.2 Å². The van der Waals surface area contributed by atoms with Crippen LogP contribution in [-0.4, -0.2) is 59.1 Å². The number of anilines is 1. The number of likely N-dealkylation sites (tertiary alicyclic amines) is 1. The molecule has 3 rings (SSSR count). The molecule has 1 aliphatic heterocycles. The lowest BCUT2D eigenvalue weighted by atomic mass is 10.2. The second-order valence-electron chi connectivity index (χ2n) is 8.10. The first-order valence-corrected chi connectivity index (χ1v) is 13.1. The molecule has 0 saturated carbocycles. The Morgan fingerprint density at radius 3 is 2.45 bits per heavy atom. The molecule has 1 aliphatic rings. The average molecular weight is 494 g/mol. The Morgan fingerprint density at radius 2 is 1.79 bits per heavy atom. The summed E-state index contributed by atoms with van der Waals surface area (Å²) in [5.41, 5.74) is 0.216. The highest BCUT2D eigenvalue weighted by Gasteiger charge is 2.29. The van der Waals surface area contributed by atoms with E-state index < -0.39 is 10.0 Å². The molecule has 33 heavy (non-hydrogen) atoms. The number of sulfonamides is 1. The van der Waals surface area contributed by atoms with Crippen molar-refractivity contribution in [2.75, 3.05) is 44.1 Å². The standard InChI is InChI=1S/C24H32ClN3O4S/c1-32-23-13-12-20(25)18-22(23)28(33(30,31)21-10-5-4-6-11-21)19-24(29)26-14-9-17-27-15-7-2-3-8-16-27/h4-6,10-13,18H,2-3,7-9,14-17,19H2,1H3,(H,26,29). The lowest BCUT2D eigenvalue weighted by molar-refractivity contribution is -0.119. The number of hydrogen-bond acceptors (Lipinski definition) is 5. The number of amides is 1. The minimum Gasteiger partial charge on any atom is -0.495 e. The minimum atomic E-state index is -4.02. The van der Waals surface area contributed by atoms with Gasteiger partial charge in [-0.2, -0.15) is 0 Å². The van der Waals surface area contributed by atoms with Crippen LogP contribution in [0, 0.1) is 0 Å². The van der Waals surface area contributed by atoms with Gasteiger partial charge in [-0.25, -0.2) is 8.42 Å². The monoisotopic (exact) mass is 493 g/mol. The van der Waals surface area contributed by atoms with Gasteiger partial charge in [0, 0.05) is 11.6 Å². The molecule has 9 heteroatoms. The number of nitrogens with one attached hydrogen (secondary N) is 1. The third kappa shape index (κ3) is 7.09. The average Bonchev–Trinajstić information content (AvgIpc) is 3.09. The van der Waals surface area contributed by atoms with Gasteiger partial charge in [0.05, 0.1) is 17.7 Å². The van der Waals surface area contributed by atoms with E-state index in [9.17, 15) is 13.2 Å². The molecule has 0 spiro atoms. The summed E-state index contributed by atoms with van der Waals surface area (Å²) in [5.74, 6) is -0.0692. The molecule has 1 fully saturated rings. The maximum atomic E-state index is 13.5. The van der Waals surface area contributed by atoms with E-state index in [1.54, 1.807) is 30.3 Å². The molecule has 2 aromatic rings. The molecule has 1 amide bonds. The van der Waals surface area contributed by atoms with Crippen molar-refractivity contribution in [3.8, 4) is 5.75 Å². The largest absolute Gasteiger partial charge is 0.495 e. The fourth-order valence-electron chi connectivity index (χ4n) is 3.95. The summed E-state index contributed by atoms with van der Waals surface area (Å²) in [4.78, 5) is 15.3. The van der Waals surface area contributed by atoms with Gasteiger partial charge in [-0.15, -0.1) is 0 Å². The quantitative estimate of drug-likeness (QED) is 0.507. The molecule has 7 nitrogen and oxygen atoms in total. The Kier molecular flexibility index (Phi) is 9.41. The van der Waals surface area contributed by atoms with E-state index in [0.717, 1.165) is 30.4 Å². The summed E-state index contributed by atoms with van der Waals surface area (Å²) in [7, 11) is -2.58. The third-order valence-electron chi connectivity index (χ3n) is 5.70. The molecule has 0 bridgehead atoms. The fourth-order valence-corrected chi connectivity index (χ4v) is 5.56. The highest BCUT2D eigenvalue weighted by molar-refractivity contribution is 7.92. The van der Waals surface area contributed by atoms with Crippen LogP contribution < -0.4 is 14.4 Å². The van der Waals surface area contributed by atoms with E-state index in [4.69, 9.17) is 16.3 Å². The number of hydrogen-bond donors (Lipinski definition) is 1. The van der Waals surface area contributed by atoms with E-state index in [2.05, 4.69) is 10.2 Å². The predicted octanol–water partition coefficient (Wildman–Crippen LogP) is 3.93. The normalized spacial score (nSPS) is 15.0. The molecule has 1 N–H and O–H groups in total. The van der Waals surface area contributed by atoms with Crippen molar-refractivity contribution in [3.63, 3.8) is 0 Å². The Hall–Kier alpha value is -2.29. The van der Waals surface area contributed by atoms with Crippen LogP contribution in [0.1, 0.15) is 32.1 Å². The predicted molar refractivity (Wildman–Crippen MR) is 132 cm³/mol. The smallest absolute Gasteiger partial charge is 0.264 e. The molecular formula is C24H32ClN3O4S. The zero-order valence-electron chi connectivity index (χ0n) is 19.0. The number of nitrogens with zero attached hydrogens (tertiary/aromatic N) is 2. The van der Waals surface area contributed by atoms with Gasteiger partial charge in [-0.1, -0.05) is 42.6 Å². The maximum Gasteiger partial charge on any atom is 0.264 e. The zero-order chi connectivity index (χ0) is 23.7. The van der Waals surface area contributed by atoms with Gasteiger partial charge in [0.1, 0.15) is 12.3 Å². The molecule has 180 valence electrons. The molecule has 0 unspecified atom stereocenters. The van der Waals surface area contributed by atoms with Crippen molar-refractivity contribution in [2.24, 2.45) is 0 Å². The second kappa shape index (κ2) is 12.3. The van der Waals surface area contributed by atoms with Crippen molar-refractivity contribution < 1.29 is 17.9 Å². The van der Waals surface area contributed by atoms with Gasteiger partial charge >= 0.3 is 0 Å². The van der Waals surface area contributed by atoms with Crippen LogP contribution in [0.2, 0.25) is 5.02 Å². The maximum absolute atomic E-state index is 13.5. The Morgan fingerprint density at radius 1 is 1.09 bits per heavy atom. The summed E-state index contributed by atoms with van der Waals surface area (Å²) < 4.78 is 33.3. The molecular weight excluding hydrogens is 462 g/mol. The molecule has 0 aromatic heterocycles. The first-order chi connectivity index (χ1) is 15.9. The lowest BCUT2D eigenvalue weighted by Crippen LogP contribution is -2.41. The first kappa shape index (κ1) is 25.3. The van der Waals surface area contributed by atoms with Gasteiger partial charge in [-0.05, 0) is 69.2 Å². The first-order valence-electron chi connectivity index (χ1n) is 11.3. The molecule has 1 saturated heterocycles. The SMILES string of the molecule is COc1ccc(Cl)cc1N(CC(=O)NCCCN1CCCCCC1)S(=O)(=O)c1ccccc1. The third-order valence-corrected chi connectivity index (χ3v) is 7.71. The topological polar surface area (TPSA) is 79.0 Å².